The van der Waals surface area contributed by atoms with Gasteiger partial charge in [0.15, 0.2) is 0 Å². The van der Waals surface area contributed by atoms with Crippen molar-refractivity contribution in [3.8, 4) is 11.5 Å². The van der Waals surface area contributed by atoms with Crippen LogP contribution in [0.4, 0.5) is 0 Å². The molecule has 33 heavy (non-hydrogen) atoms. The quantitative estimate of drug-likeness (QED) is 0.453. The van der Waals surface area contributed by atoms with Gasteiger partial charge >= 0.3 is 11.3 Å². The predicted molar refractivity (Wildman–Crippen MR) is 123 cm³/mol. The molecule has 7 heteroatoms. The fraction of sp³-hybridized carbons (Fsp3) is 0.308. The van der Waals surface area contributed by atoms with Crippen LogP contribution in [0.2, 0.25) is 0 Å². The number of ether oxygens (including phenoxy) is 2. The molecule has 2 atom stereocenters. The predicted octanol–water partition coefficient (Wildman–Crippen LogP) is 4.73. The van der Waals surface area contributed by atoms with Gasteiger partial charge in [-0.05, 0) is 81.1 Å². The van der Waals surface area contributed by atoms with Crippen molar-refractivity contribution in [2.75, 3.05) is 6.61 Å². The summed E-state index contributed by atoms with van der Waals surface area (Å²) in [5.41, 5.74) is 3.13. The molecule has 0 saturated heterocycles. The highest BCUT2D eigenvalue weighted by Gasteiger charge is 2.44. The maximum absolute atomic E-state index is 13.1. The summed E-state index contributed by atoms with van der Waals surface area (Å²) >= 11 is 0. The summed E-state index contributed by atoms with van der Waals surface area (Å²) in [5.74, 6) is -0.966. The molecule has 7 nitrogen and oxygen atoms in total. The minimum Gasteiger partial charge on any atom is -0.507 e. The van der Waals surface area contributed by atoms with Gasteiger partial charge in [0.2, 0.25) is 6.29 Å². The molecule has 1 N–H and O–H groups in total. The number of aryl methyl sites for hydroxylation is 4. The van der Waals surface area contributed by atoms with Crippen LogP contribution in [0.15, 0.2) is 42.7 Å². The lowest BCUT2D eigenvalue weighted by atomic mass is 9.91. The van der Waals surface area contributed by atoms with E-state index in [4.69, 9.17) is 18.3 Å². The zero-order chi connectivity index (χ0) is 23.6. The lowest BCUT2D eigenvalue weighted by Crippen LogP contribution is -2.29. The van der Waals surface area contributed by atoms with Crippen LogP contribution in [0, 0.1) is 27.7 Å². The van der Waals surface area contributed by atoms with Gasteiger partial charge < -0.3 is 23.4 Å². The normalized spacial score (nSPS) is 17.5. The summed E-state index contributed by atoms with van der Waals surface area (Å²) in [5, 5.41) is 12.2. The molecular formula is C26H24O7. The van der Waals surface area contributed by atoms with Crippen molar-refractivity contribution < 1.29 is 23.4 Å². The summed E-state index contributed by atoms with van der Waals surface area (Å²) in [6.45, 7) is 9.73. The van der Waals surface area contributed by atoms with E-state index in [1.807, 2.05) is 33.8 Å². The highest BCUT2D eigenvalue weighted by atomic mass is 16.7. The molecule has 4 aromatic rings. The summed E-state index contributed by atoms with van der Waals surface area (Å²) in [6.07, 6.45) is -1.00. The molecule has 0 bridgehead atoms. The largest absolute Gasteiger partial charge is 0.507 e. The second-order valence-corrected chi connectivity index (χ2v) is 8.57. The van der Waals surface area contributed by atoms with Crippen LogP contribution >= 0.6 is 0 Å². The molecule has 2 unspecified atom stereocenters. The summed E-state index contributed by atoms with van der Waals surface area (Å²) in [6, 6.07) is 7.13. The van der Waals surface area contributed by atoms with Crippen LogP contribution in [0.5, 0.6) is 11.5 Å². The Kier molecular flexibility index (Phi) is 4.83. The summed E-state index contributed by atoms with van der Waals surface area (Å²) < 4.78 is 23.1. The second kappa shape index (κ2) is 7.49. The van der Waals surface area contributed by atoms with Gasteiger partial charge in [0.05, 0.1) is 27.8 Å². The summed E-state index contributed by atoms with van der Waals surface area (Å²) in [4.78, 5) is 26.2. The highest BCUT2D eigenvalue weighted by Crippen LogP contribution is 2.47. The van der Waals surface area contributed by atoms with E-state index in [-0.39, 0.29) is 29.1 Å². The van der Waals surface area contributed by atoms with Crippen LogP contribution in [-0.4, -0.2) is 18.0 Å². The van der Waals surface area contributed by atoms with Crippen molar-refractivity contribution >= 4 is 21.9 Å². The molecule has 0 saturated carbocycles. The van der Waals surface area contributed by atoms with Gasteiger partial charge in [-0.25, -0.2) is 9.59 Å². The highest BCUT2D eigenvalue weighted by molar-refractivity contribution is 5.88. The SMILES string of the molecule is CCOC1Oc2c(c(=O)oc3cc(C)c(C)cc23)C1c1c(O)c2cc(C)c(C)cc2oc1=O. The topological polar surface area (TPSA) is 99.1 Å². The van der Waals surface area contributed by atoms with Crippen LogP contribution in [0.3, 0.4) is 0 Å². The molecule has 0 aliphatic carbocycles. The van der Waals surface area contributed by atoms with E-state index in [0.717, 1.165) is 22.3 Å². The van der Waals surface area contributed by atoms with Crippen LogP contribution < -0.4 is 16.0 Å². The van der Waals surface area contributed by atoms with Crippen molar-refractivity contribution in [3.63, 3.8) is 0 Å². The van der Waals surface area contributed by atoms with Crippen LogP contribution in [0.25, 0.3) is 21.9 Å². The lowest BCUT2D eigenvalue weighted by Gasteiger charge is -2.19. The average molecular weight is 448 g/mol. The Hall–Kier alpha value is -3.58. The molecular weight excluding hydrogens is 424 g/mol. The minimum absolute atomic E-state index is 0.0848. The minimum atomic E-state index is -1.01. The van der Waals surface area contributed by atoms with E-state index in [1.54, 1.807) is 25.1 Å². The standard InChI is InChI=1S/C26H24O7/c1-6-30-26-19(20-22(27)15-7-11(2)13(4)9-17(15)31-24(20)28)21-23(33-26)16-8-12(3)14(5)10-18(16)32-25(21)29/h7-10,19,26-27H,6H2,1-5H3. The van der Waals surface area contributed by atoms with Crippen molar-refractivity contribution in [3.05, 3.63) is 78.5 Å². The molecule has 0 radical (unpaired) electrons. The zero-order valence-electron chi connectivity index (χ0n) is 19.1. The van der Waals surface area contributed by atoms with E-state index in [1.165, 1.54) is 0 Å². The van der Waals surface area contributed by atoms with Crippen molar-refractivity contribution in [2.45, 2.75) is 46.8 Å². The van der Waals surface area contributed by atoms with Gasteiger partial charge in [-0.3, -0.25) is 0 Å². The van der Waals surface area contributed by atoms with Crippen molar-refractivity contribution in [1.29, 1.82) is 0 Å². The number of hydrogen-bond acceptors (Lipinski definition) is 7. The number of aromatic hydroxyl groups is 1. The third kappa shape index (κ3) is 3.15. The van der Waals surface area contributed by atoms with Crippen molar-refractivity contribution in [2.24, 2.45) is 0 Å². The molecule has 0 amide bonds. The first-order chi connectivity index (χ1) is 15.7. The third-order valence-corrected chi connectivity index (χ3v) is 6.50. The Morgan fingerprint density at radius 3 is 1.94 bits per heavy atom. The van der Waals surface area contributed by atoms with E-state index in [0.29, 0.717) is 22.1 Å². The molecule has 0 fully saturated rings. The molecule has 3 heterocycles. The molecule has 2 aromatic carbocycles. The zero-order valence-corrected chi connectivity index (χ0v) is 19.1. The Morgan fingerprint density at radius 2 is 1.33 bits per heavy atom. The fourth-order valence-corrected chi connectivity index (χ4v) is 4.46. The molecule has 2 aromatic heterocycles. The number of hydrogen-bond donors (Lipinski definition) is 1. The second-order valence-electron chi connectivity index (χ2n) is 8.57. The Bertz CT molecular complexity index is 1560. The number of fused-ring (bicyclic) bond motifs is 4. The third-order valence-electron chi connectivity index (χ3n) is 6.50. The molecule has 1 aliphatic rings. The monoisotopic (exact) mass is 448 g/mol. The Labute approximate surface area is 189 Å². The Balaban J connectivity index is 1.84. The van der Waals surface area contributed by atoms with Gasteiger partial charge in [-0.15, -0.1) is 0 Å². The van der Waals surface area contributed by atoms with Gasteiger partial charge in [0.25, 0.3) is 0 Å². The first-order valence-corrected chi connectivity index (χ1v) is 10.8. The van der Waals surface area contributed by atoms with Gasteiger partial charge in [-0.1, -0.05) is 0 Å². The van der Waals surface area contributed by atoms with E-state index >= 15 is 0 Å². The van der Waals surface area contributed by atoms with E-state index < -0.39 is 23.5 Å². The number of rotatable bonds is 3. The average Bonchev–Trinajstić information content (AvgIpc) is 3.11. The van der Waals surface area contributed by atoms with E-state index in [2.05, 4.69) is 0 Å². The molecule has 170 valence electrons. The van der Waals surface area contributed by atoms with Crippen LogP contribution in [-0.2, 0) is 4.74 Å². The van der Waals surface area contributed by atoms with Crippen LogP contribution in [0.1, 0.15) is 46.2 Å². The first kappa shape index (κ1) is 21.3. The Morgan fingerprint density at radius 1 is 0.818 bits per heavy atom. The fourth-order valence-electron chi connectivity index (χ4n) is 4.46. The van der Waals surface area contributed by atoms with E-state index in [9.17, 15) is 14.7 Å². The van der Waals surface area contributed by atoms with Gasteiger partial charge in [-0.2, -0.15) is 0 Å². The summed E-state index contributed by atoms with van der Waals surface area (Å²) in [7, 11) is 0. The first-order valence-electron chi connectivity index (χ1n) is 10.8. The lowest BCUT2D eigenvalue weighted by molar-refractivity contribution is -0.0698. The molecule has 5 rings (SSSR count). The van der Waals surface area contributed by atoms with Gasteiger partial charge in [0, 0.05) is 6.61 Å². The van der Waals surface area contributed by atoms with Gasteiger partial charge in [0.1, 0.15) is 22.7 Å². The molecule has 1 aliphatic heterocycles. The van der Waals surface area contributed by atoms with Crippen molar-refractivity contribution in [1.82, 2.24) is 0 Å². The smallest absolute Gasteiger partial charge is 0.344 e. The number of benzene rings is 2. The maximum atomic E-state index is 13.1. The molecule has 0 spiro atoms. The maximum Gasteiger partial charge on any atom is 0.344 e.